The van der Waals surface area contributed by atoms with Gasteiger partial charge in [-0.15, -0.1) is 0 Å². The van der Waals surface area contributed by atoms with E-state index < -0.39 is 10.0 Å². The van der Waals surface area contributed by atoms with Crippen LogP contribution in [0.15, 0.2) is 83.8 Å². The number of carbonyl (C=O) groups is 1. The molecule has 0 unspecified atom stereocenters. The van der Waals surface area contributed by atoms with Crippen molar-refractivity contribution in [2.45, 2.75) is 30.7 Å². The number of aryl methyl sites for hydroxylation is 1. The maximum Gasteiger partial charge on any atom is 0.240 e. The maximum atomic E-state index is 12.9. The standard InChI is InChI=1S/C24H25FN2O3S/c25-22-11-6-21(7-12-22)18-26-24(28)15-10-20-8-13-23(14-9-20)31(29,30)27-17-16-19-4-2-1-3-5-19/h1-9,11-14,27H,10,15-18H2,(H,26,28). The molecule has 0 bridgehead atoms. The maximum absolute atomic E-state index is 12.9. The summed E-state index contributed by atoms with van der Waals surface area (Å²) in [4.78, 5) is 12.2. The Morgan fingerprint density at radius 1 is 0.774 bits per heavy atom. The van der Waals surface area contributed by atoms with Crippen molar-refractivity contribution in [1.29, 1.82) is 0 Å². The second-order valence-electron chi connectivity index (χ2n) is 7.18. The molecule has 162 valence electrons. The highest BCUT2D eigenvalue weighted by Gasteiger charge is 2.13. The molecule has 7 heteroatoms. The van der Waals surface area contributed by atoms with E-state index in [1.807, 2.05) is 30.3 Å². The summed E-state index contributed by atoms with van der Waals surface area (Å²) in [6.45, 7) is 0.660. The fourth-order valence-corrected chi connectivity index (χ4v) is 4.07. The van der Waals surface area contributed by atoms with Crippen LogP contribution in [-0.2, 0) is 34.2 Å². The van der Waals surface area contributed by atoms with E-state index in [4.69, 9.17) is 0 Å². The number of amides is 1. The molecule has 1 amide bonds. The van der Waals surface area contributed by atoms with Gasteiger partial charge in [-0.2, -0.15) is 0 Å². The monoisotopic (exact) mass is 440 g/mol. The van der Waals surface area contributed by atoms with Crippen molar-refractivity contribution < 1.29 is 17.6 Å². The molecule has 31 heavy (non-hydrogen) atoms. The minimum absolute atomic E-state index is 0.122. The van der Waals surface area contributed by atoms with Gasteiger partial charge in [0.05, 0.1) is 4.90 Å². The van der Waals surface area contributed by atoms with Crippen LogP contribution >= 0.6 is 0 Å². The molecule has 3 rings (SSSR count). The number of nitrogens with one attached hydrogen (secondary N) is 2. The number of rotatable bonds is 10. The Morgan fingerprint density at radius 2 is 1.39 bits per heavy atom. The molecule has 0 saturated heterocycles. The third kappa shape index (κ3) is 7.31. The fourth-order valence-electron chi connectivity index (χ4n) is 3.04. The number of halogens is 1. The van der Waals surface area contributed by atoms with E-state index in [0.29, 0.717) is 25.9 Å². The van der Waals surface area contributed by atoms with Crippen molar-refractivity contribution >= 4 is 15.9 Å². The largest absolute Gasteiger partial charge is 0.352 e. The lowest BCUT2D eigenvalue weighted by Crippen LogP contribution is -2.26. The molecular weight excluding hydrogens is 415 g/mol. The molecule has 0 aliphatic rings. The highest BCUT2D eigenvalue weighted by Crippen LogP contribution is 2.12. The van der Waals surface area contributed by atoms with Gasteiger partial charge in [0.2, 0.25) is 15.9 Å². The zero-order valence-corrected chi connectivity index (χ0v) is 17.9. The van der Waals surface area contributed by atoms with Crippen molar-refractivity contribution in [2.75, 3.05) is 6.54 Å². The molecule has 0 aliphatic carbocycles. The summed E-state index contributed by atoms with van der Waals surface area (Å²) in [7, 11) is -3.58. The van der Waals surface area contributed by atoms with E-state index in [-0.39, 0.29) is 23.0 Å². The van der Waals surface area contributed by atoms with Crippen LogP contribution in [0.3, 0.4) is 0 Å². The number of hydrogen-bond acceptors (Lipinski definition) is 3. The van der Waals surface area contributed by atoms with Crippen molar-refractivity contribution in [1.82, 2.24) is 10.0 Å². The molecule has 0 radical (unpaired) electrons. The molecule has 2 N–H and O–H groups in total. The second kappa shape index (κ2) is 10.8. The second-order valence-corrected chi connectivity index (χ2v) is 8.95. The Bertz CT molecular complexity index is 1080. The van der Waals surface area contributed by atoms with Crippen molar-refractivity contribution in [3.05, 3.63) is 101 Å². The van der Waals surface area contributed by atoms with E-state index >= 15 is 0 Å². The normalized spacial score (nSPS) is 11.3. The summed E-state index contributed by atoms with van der Waals surface area (Å²) in [5.74, 6) is -0.435. The van der Waals surface area contributed by atoms with Crippen LogP contribution in [-0.4, -0.2) is 20.9 Å². The van der Waals surface area contributed by atoms with Gasteiger partial charge in [0.25, 0.3) is 0 Å². The molecule has 0 fully saturated rings. The van der Waals surface area contributed by atoms with E-state index in [9.17, 15) is 17.6 Å². The first-order chi connectivity index (χ1) is 14.9. The molecule has 0 spiro atoms. The summed E-state index contributed by atoms with van der Waals surface area (Å²) in [5, 5.41) is 2.79. The van der Waals surface area contributed by atoms with Gasteiger partial charge < -0.3 is 5.32 Å². The van der Waals surface area contributed by atoms with Crippen LogP contribution < -0.4 is 10.0 Å². The van der Waals surface area contributed by atoms with Crippen LogP contribution in [0.2, 0.25) is 0 Å². The Balaban J connectivity index is 1.44. The predicted molar refractivity (Wildman–Crippen MR) is 118 cm³/mol. The lowest BCUT2D eigenvalue weighted by atomic mass is 10.1. The molecule has 0 saturated carbocycles. The van der Waals surface area contributed by atoms with Gasteiger partial charge in [-0.05, 0) is 53.8 Å². The molecule has 0 aliphatic heterocycles. The molecule has 3 aromatic rings. The van der Waals surface area contributed by atoms with Gasteiger partial charge >= 0.3 is 0 Å². The highest BCUT2D eigenvalue weighted by atomic mass is 32.2. The fraction of sp³-hybridized carbons (Fsp3) is 0.208. The van der Waals surface area contributed by atoms with E-state index in [2.05, 4.69) is 10.0 Å². The van der Waals surface area contributed by atoms with Crippen LogP contribution in [0.25, 0.3) is 0 Å². The van der Waals surface area contributed by atoms with Crippen LogP contribution in [0.1, 0.15) is 23.1 Å². The van der Waals surface area contributed by atoms with Crippen LogP contribution in [0.5, 0.6) is 0 Å². The van der Waals surface area contributed by atoms with Gasteiger partial charge in [0.15, 0.2) is 0 Å². The Kier molecular flexibility index (Phi) is 7.92. The number of carbonyl (C=O) groups excluding carboxylic acids is 1. The van der Waals surface area contributed by atoms with Crippen LogP contribution in [0, 0.1) is 5.82 Å². The summed E-state index contributed by atoms with van der Waals surface area (Å²) in [5.41, 5.74) is 2.77. The number of sulfonamides is 1. The van der Waals surface area contributed by atoms with E-state index in [1.165, 1.54) is 12.1 Å². The molecular formula is C24H25FN2O3S. The highest BCUT2D eigenvalue weighted by molar-refractivity contribution is 7.89. The SMILES string of the molecule is O=C(CCc1ccc(S(=O)(=O)NCCc2ccccc2)cc1)NCc1ccc(F)cc1. The lowest BCUT2D eigenvalue weighted by Gasteiger charge is -2.08. The van der Waals surface area contributed by atoms with Crippen molar-refractivity contribution in [3.8, 4) is 0 Å². The molecule has 0 atom stereocenters. The first kappa shape index (κ1) is 22.7. The molecule has 0 heterocycles. The van der Waals surface area contributed by atoms with Gasteiger partial charge in [0.1, 0.15) is 5.82 Å². The van der Waals surface area contributed by atoms with Gasteiger partial charge in [0, 0.05) is 19.5 Å². The zero-order chi connectivity index (χ0) is 22.1. The van der Waals surface area contributed by atoms with Gasteiger partial charge in [-0.25, -0.2) is 17.5 Å². The van der Waals surface area contributed by atoms with Crippen LogP contribution in [0.4, 0.5) is 4.39 Å². The topological polar surface area (TPSA) is 75.3 Å². The third-order valence-corrected chi connectivity index (χ3v) is 6.30. The average Bonchev–Trinajstić information content (AvgIpc) is 2.78. The predicted octanol–water partition coefficient (Wildman–Crippen LogP) is 3.60. The average molecular weight is 441 g/mol. The quantitative estimate of drug-likeness (QED) is 0.506. The van der Waals surface area contributed by atoms with Gasteiger partial charge in [-0.3, -0.25) is 4.79 Å². The Hall–Kier alpha value is -3.03. The summed E-state index contributed by atoms with van der Waals surface area (Å²) < 4.78 is 40.4. The lowest BCUT2D eigenvalue weighted by molar-refractivity contribution is -0.121. The smallest absolute Gasteiger partial charge is 0.240 e. The third-order valence-electron chi connectivity index (χ3n) is 4.83. The van der Waals surface area contributed by atoms with E-state index in [0.717, 1.165) is 16.7 Å². The molecule has 3 aromatic carbocycles. The van der Waals surface area contributed by atoms with Crippen molar-refractivity contribution in [3.63, 3.8) is 0 Å². The number of hydrogen-bond donors (Lipinski definition) is 2. The van der Waals surface area contributed by atoms with E-state index in [1.54, 1.807) is 36.4 Å². The number of benzene rings is 3. The first-order valence-electron chi connectivity index (χ1n) is 10.1. The first-order valence-corrected chi connectivity index (χ1v) is 11.5. The zero-order valence-electron chi connectivity index (χ0n) is 17.1. The molecule has 5 nitrogen and oxygen atoms in total. The molecule has 0 aromatic heterocycles. The summed E-state index contributed by atoms with van der Waals surface area (Å²) >= 11 is 0. The summed E-state index contributed by atoms with van der Waals surface area (Å²) in [6.07, 6.45) is 1.39. The summed E-state index contributed by atoms with van der Waals surface area (Å²) in [6, 6.07) is 22.2. The Morgan fingerprint density at radius 3 is 2.06 bits per heavy atom. The van der Waals surface area contributed by atoms with Crippen molar-refractivity contribution in [2.24, 2.45) is 0 Å². The minimum atomic E-state index is -3.58. The Labute approximate surface area is 182 Å². The minimum Gasteiger partial charge on any atom is -0.352 e. The van der Waals surface area contributed by atoms with Gasteiger partial charge in [-0.1, -0.05) is 54.6 Å².